The number of nitrogens with zero attached hydrogens (tertiary/aromatic N) is 1. The molecule has 8 heteroatoms. The van der Waals surface area contributed by atoms with Crippen LogP contribution in [0, 0.1) is 11.6 Å². The predicted octanol–water partition coefficient (Wildman–Crippen LogP) is 3.10. The summed E-state index contributed by atoms with van der Waals surface area (Å²) < 4.78 is 26.8. The molecule has 0 saturated carbocycles. The molecule has 0 spiro atoms. The van der Waals surface area contributed by atoms with E-state index in [1.54, 1.807) is 11.9 Å². The Labute approximate surface area is 202 Å². The van der Waals surface area contributed by atoms with Crippen molar-refractivity contribution in [1.29, 1.82) is 0 Å². The molecule has 3 aromatic carbocycles. The zero-order chi connectivity index (χ0) is 25.1. The molecule has 3 aromatic rings. The second-order valence-corrected chi connectivity index (χ2v) is 8.75. The molecule has 35 heavy (non-hydrogen) atoms. The average Bonchev–Trinajstić information content (AvgIpc) is 2.82. The van der Waals surface area contributed by atoms with Crippen LogP contribution in [0.2, 0.25) is 0 Å². The fourth-order valence-corrected chi connectivity index (χ4v) is 4.57. The SMILES string of the molecule is C[C@H](NC(=O)Cc1cc(F)cc(F)c1)C(=O)N[C@H]1C(c2ccccc2)c2ccccc2N(C)[C@H]1O. The van der Waals surface area contributed by atoms with Gasteiger partial charge in [-0.25, -0.2) is 8.78 Å². The third kappa shape index (κ3) is 5.33. The van der Waals surface area contributed by atoms with Crippen molar-refractivity contribution in [2.45, 2.75) is 37.6 Å². The number of amides is 2. The summed E-state index contributed by atoms with van der Waals surface area (Å²) in [7, 11) is 1.76. The summed E-state index contributed by atoms with van der Waals surface area (Å²) in [5.74, 6) is -2.91. The maximum atomic E-state index is 13.4. The molecule has 4 atom stereocenters. The lowest BCUT2D eigenvalue weighted by atomic mass is 9.80. The van der Waals surface area contributed by atoms with Gasteiger partial charge in [0.15, 0.2) is 0 Å². The Morgan fingerprint density at radius 2 is 1.63 bits per heavy atom. The molecule has 182 valence electrons. The van der Waals surface area contributed by atoms with E-state index in [1.165, 1.54) is 6.92 Å². The molecule has 3 N–H and O–H groups in total. The summed E-state index contributed by atoms with van der Waals surface area (Å²) >= 11 is 0. The van der Waals surface area contributed by atoms with Crippen molar-refractivity contribution in [3.8, 4) is 0 Å². The Balaban J connectivity index is 1.52. The number of aliphatic hydroxyl groups is 1. The number of anilines is 1. The highest BCUT2D eigenvalue weighted by Gasteiger charge is 2.41. The van der Waals surface area contributed by atoms with Gasteiger partial charge in [0, 0.05) is 24.7 Å². The lowest BCUT2D eigenvalue weighted by Gasteiger charge is -2.44. The van der Waals surface area contributed by atoms with Crippen molar-refractivity contribution < 1.29 is 23.5 Å². The number of hydrogen-bond acceptors (Lipinski definition) is 4. The van der Waals surface area contributed by atoms with Crippen LogP contribution in [0.3, 0.4) is 0 Å². The first kappa shape index (κ1) is 24.3. The molecular formula is C27H27F2N3O3. The number of para-hydroxylation sites is 1. The zero-order valence-corrected chi connectivity index (χ0v) is 19.4. The Morgan fingerprint density at radius 3 is 2.31 bits per heavy atom. The summed E-state index contributed by atoms with van der Waals surface area (Å²) in [6.45, 7) is 1.52. The van der Waals surface area contributed by atoms with Crippen LogP contribution in [-0.2, 0) is 16.0 Å². The highest BCUT2D eigenvalue weighted by atomic mass is 19.1. The van der Waals surface area contributed by atoms with Gasteiger partial charge in [-0.3, -0.25) is 9.59 Å². The summed E-state index contributed by atoms with van der Waals surface area (Å²) in [5, 5.41) is 16.6. The fourth-order valence-electron chi connectivity index (χ4n) is 4.57. The Hall–Kier alpha value is -3.78. The van der Waals surface area contributed by atoms with Crippen molar-refractivity contribution in [1.82, 2.24) is 10.6 Å². The quantitative estimate of drug-likeness (QED) is 0.508. The molecule has 0 radical (unpaired) electrons. The predicted molar refractivity (Wildman–Crippen MR) is 129 cm³/mol. The number of aliphatic hydroxyl groups excluding tert-OH is 1. The number of carbonyl (C=O) groups is 2. The third-order valence-corrected chi connectivity index (χ3v) is 6.25. The average molecular weight is 480 g/mol. The van der Waals surface area contributed by atoms with Gasteiger partial charge in [0.05, 0.1) is 12.5 Å². The number of nitrogens with one attached hydrogen (secondary N) is 2. The van der Waals surface area contributed by atoms with E-state index in [-0.39, 0.29) is 17.9 Å². The number of likely N-dealkylation sites (N-methyl/N-ethyl adjacent to an activating group) is 1. The monoisotopic (exact) mass is 479 g/mol. The van der Waals surface area contributed by atoms with Crippen LogP contribution < -0.4 is 15.5 Å². The second-order valence-electron chi connectivity index (χ2n) is 8.75. The van der Waals surface area contributed by atoms with Gasteiger partial charge in [0.25, 0.3) is 0 Å². The summed E-state index contributed by atoms with van der Waals surface area (Å²) in [5.41, 5.74) is 2.92. The minimum Gasteiger partial charge on any atom is -0.371 e. The minimum absolute atomic E-state index is 0.165. The summed E-state index contributed by atoms with van der Waals surface area (Å²) in [6.07, 6.45) is -1.29. The van der Waals surface area contributed by atoms with E-state index in [2.05, 4.69) is 10.6 Å². The maximum absolute atomic E-state index is 13.4. The summed E-state index contributed by atoms with van der Waals surface area (Å²) in [6, 6.07) is 18.5. The highest BCUT2D eigenvalue weighted by Crippen LogP contribution is 2.41. The van der Waals surface area contributed by atoms with Gasteiger partial charge in [-0.15, -0.1) is 0 Å². The van der Waals surface area contributed by atoms with E-state index >= 15 is 0 Å². The van der Waals surface area contributed by atoms with Crippen molar-refractivity contribution >= 4 is 17.5 Å². The number of halogens is 2. The Morgan fingerprint density at radius 1 is 1.00 bits per heavy atom. The van der Waals surface area contributed by atoms with Crippen LogP contribution in [0.15, 0.2) is 72.8 Å². The van der Waals surface area contributed by atoms with E-state index in [0.29, 0.717) is 0 Å². The molecule has 0 saturated heterocycles. The van der Waals surface area contributed by atoms with Crippen LogP contribution in [0.5, 0.6) is 0 Å². The number of carbonyl (C=O) groups excluding carboxylic acids is 2. The molecule has 1 aliphatic heterocycles. The molecule has 0 aliphatic carbocycles. The molecule has 1 aliphatic rings. The van der Waals surface area contributed by atoms with Crippen LogP contribution in [-0.4, -0.2) is 42.3 Å². The fraction of sp³-hybridized carbons (Fsp3) is 0.259. The second kappa shape index (κ2) is 10.2. The molecule has 0 fully saturated rings. The van der Waals surface area contributed by atoms with Crippen LogP contribution in [0.25, 0.3) is 0 Å². The first-order valence-electron chi connectivity index (χ1n) is 11.3. The van der Waals surface area contributed by atoms with Gasteiger partial charge in [-0.1, -0.05) is 48.5 Å². The van der Waals surface area contributed by atoms with E-state index in [0.717, 1.165) is 35.0 Å². The highest BCUT2D eigenvalue weighted by molar-refractivity contribution is 5.88. The van der Waals surface area contributed by atoms with Gasteiger partial charge >= 0.3 is 0 Å². The number of hydrogen-bond donors (Lipinski definition) is 3. The molecule has 4 rings (SSSR count). The maximum Gasteiger partial charge on any atom is 0.242 e. The van der Waals surface area contributed by atoms with Crippen molar-refractivity contribution in [3.05, 3.63) is 101 Å². The largest absolute Gasteiger partial charge is 0.371 e. The zero-order valence-electron chi connectivity index (χ0n) is 19.4. The van der Waals surface area contributed by atoms with E-state index in [1.807, 2.05) is 54.6 Å². The molecule has 2 amide bonds. The molecule has 6 nitrogen and oxygen atoms in total. The molecule has 0 bridgehead atoms. The first-order chi connectivity index (χ1) is 16.7. The topological polar surface area (TPSA) is 81.7 Å². The van der Waals surface area contributed by atoms with E-state index < -0.39 is 41.8 Å². The molecule has 0 aromatic heterocycles. The number of rotatable bonds is 6. The molecular weight excluding hydrogens is 452 g/mol. The normalized spacial score (nSPS) is 20.0. The van der Waals surface area contributed by atoms with Crippen molar-refractivity contribution in [2.75, 3.05) is 11.9 Å². The number of fused-ring (bicyclic) bond motifs is 1. The van der Waals surface area contributed by atoms with Gasteiger partial charge in [-0.05, 0) is 41.8 Å². The summed E-state index contributed by atoms with van der Waals surface area (Å²) in [4.78, 5) is 27.2. The van der Waals surface area contributed by atoms with Crippen LogP contribution in [0.4, 0.5) is 14.5 Å². The Kier molecular flexibility index (Phi) is 7.12. The van der Waals surface area contributed by atoms with Gasteiger partial charge in [-0.2, -0.15) is 0 Å². The van der Waals surface area contributed by atoms with Gasteiger partial charge in [0.1, 0.15) is 23.9 Å². The van der Waals surface area contributed by atoms with Crippen molar-refractivity contribution in [3.63, 3.8) is 0 Å². The van der Waals surface area contributed by atoms with Gasteiger partial charge in [0.2, 0.25) is 11.8 Å². The van der Waals surface area contributed by atoms with Gasteiger partial charge < -0.3 is 20.6 Å². The van der Waals surface area contributed by atoms with E-state index in [9.17, 15) is 23.5 Å². The smallest absolute Gasteiger partial charge is 0.242 e. The van der Waals surface area contributed by atoms with E-state index in [4.69, 9.17) is 0 Å². The van der Waals surface area contributed by atoms with Crippen LogP contribution in [0.1, 0.15) is 29.5 Å². The first-order valence-corrected chi connectivity index (χ1v) is 11.3. The lowest BCUT2D eigenvalue weighted by molar-refractivity contribution is -0.129. The van der Waals surface area contributed by atoms with Crippen molar-refractivity contribution in [2.24, 2.45) is 0 Å². The van der Waals surface area contributed by atoms with Crippen LogP contribution >= 0.6 is 0 Å². The Bertz CT molecular complexity index is 1200. The standard InChI is InChI=1S/C27H27F2N3O3/c1-16(30-23(33)14-17-12-19(28)15-20(29)13-17)26(34)31-25-24(18-8-4-3-5-9-18)21-10-6-7-11-22(21)32(2)27(25)35/h3-13,15-16,24-25,27,35H,14H2,1-2H3,(H,30,33)(H,31,34)/t16-,24?,25-,27-/m0/s1. The third-order valence-electron chi connectivity index (χ3n) is 6.25. The lowest BCUT2D eigenvalue weighted by Crippen LogP contribution is -2.59. The number of benzene rings is 3. The molecule has 1 heterocycles. The minimum atomic E-state index is -1.02. The molecule has 1 unspecified atom stereocenters.